The van der Waals surface area contributed by atoms with E-state index < -0.39 is 147 Å². The van der Waals surface area contributed by atoms with Gasteiger partial charge in [0.1, 0.15) is 48.8 Å². The summed E-state index contributed by atoms with van der Waals surface area (Å²) in [6.45, 7) is 12.8. The molecule has 1 aromatic carbocycles. The summed E-state index contributed by atoms with van der Waals surface area (Å²) in [7, 11) is 0. The van der Waals surface area contributed by atoms with Crippen molar-refractivity contribution in [3.05, 3.63) is 42.0 Å². The van der Waals surface area contributed by atoms with E-state index in [9.17, 15) is 44.7 Å². The van der Waals surface area contributed by atoms with Gasteiger partial charge in [-0.1, -0.05) is 199 Å². The number of esters is 4. The first-order valence-corrected chi connectivity index (χ1v) is 35.6. The number of benzene rings is 1. The van der Waals surface area contributed by atoms with Gasteiger partial charge < -0.3 is 82.4 Å². The van der Waals surface area contributed by atoms with Gasteiger partial charge in [0.15, 0.2) is 49.6 Å². The van der Waals surface area contributed by atoms with Crippen molar-refractivity contribution < 1.29 is 102 Å². The van der Waals surface area contributed by atoms with Crippen LogP contribution in [0.1, 0.15) is 253 Å². The third kappa shape index (κ3) is 25.1. The molecule has 2 bridgehead atoms. The van der Waals surface area contributed by atoms with Gasteiger partial charge in [-0.15, -0.1) is 0 Å². The maximum atomic E-state index is 14.0. The molecule has 5 saturated heterocycles. The maximum absolute atomic E-state index is 14.0. The molecule has 21 heteroatoms. The lowest BCUT2D eigenvalue weighted by atomic mass is 9.95. The van der Waals surface area contributed by atoms with Crippen LogP contribution in [0.2, 0.25) is 0 Å². The fourth-order valence-corrected chi connectivity index (χ4v) is 12.9. The van der Waals surface area contributed by atoms with Crippen molar-refractivity contribution in [3.63, 3.8) is 0 Å². The molecule has 0 aromatic heterocycles. The molecule has 5 aliphatic heterocycles. The van der Waals surface area contributed by atoms with E-state index in [1.54, 1.807) is 52.0 Å². The van der Waals surface area contributed by atoms with Gasteiger partial charge in [-0.2, -0.15) is 0 Å². The topological polar surface area (TPSA) is 280 Å². The van der Waals surface area contributed by atoms with Crippen LogP contribution in [0.3, 0.4) is 0 Å². The van der Waals surface area contributed by atoms with E-state index in [1.807, 2.05) is 6.07 Å². The number of hydrogen-bond acceptors (Lipinski definition) is 21. The summed E-state index contributed by atoms with van der Waals surface area (Å²) in [5, 5.41) is 60.0. The molecule has 0 saturated carbocycles. The zero-order valence-corrected chi connectivity index (χ0v) is 56.4. The largest absolute Gasteiger partial charge is 0.457 e. The Labute approximate surface area is 547 Å². The van der Waals surface area contributed by atoms with Gasteiger partial charge in [0, 0.05) is 25.3 Å². The molecule has 1 aromatic rings. The molecule has 0 unspecified atom stereocenters. The van der Waals surface area contributed by atoms with E-state index in [-0.39, 0.29) is 25.4 Å². The van der Waals surface area contributed by atoms with Crippen LogP contribution in [0.25, 0.3) is 6.08 Å². The Bertz CT molecular complexity index is 2260. The second kappa shape index (κ2) is 42.1. The number of carbonyl (C=O) groups is 4. The molecular weight excluding hydrogens is 1190 g/mol. The second-order valence-electron chi connectivity index (χ2n) is 26.3. The minimum atomic E-state index is -1.87. The average molecular weight is 1310 g/mol. The Morgan fingerprint density at radius 1 is 0.467 bits per heavy atom. The van der Waals surface area contributed by atoms with Gasteiger partial charge >= 0.3 is 23.9 Å². The number of carbonyl (C=O) groups excluding carboxylic acids is 4. The lowest BCUT2D eigenvalue weighted by molar-refractivity contribution is -0.387. The monoisotopic (exact) mass is 1300 g/mol. The fourth-order valence-electron chi connectivity index (χ4n) is 12.9. The average Bonchev–Trinajstić information content (AvgIpc) is 0.784. The van der Waals surface area contributed by atoms with Crippen LogP contribution in [0.15, 0.2) is 36.4 Å². The van der Waals surface area contributed by atoms with E-state index in [2.05, 4.69) is 20.8 Å². The highest BCUT2D eigenvalue weighted by Gasteiger charge is 2.57. The molecular formula is C71H116O21. The molecule has 92 heavy (non-hydrogen) atoms. The van der Waals surface area contributed by atoms with E-state index in [0.717, 1.165) is 135 Å². The van der Waals surface area contributed by atoms with E-state index in [1.165, 1.54) is 37.8 Å². The van der Waals surface area contributed by atoms with Gasteiger partial charge in [-0.3, -0.25) is 14.4 Å². The number of aliphatic hydroxyl groups is 5. The summed E-state index contributed by atoms with van der Waals surface area (Å²) >= 11 is 0. The van der Waals surface area contributed by atoms with Crippen molar-refractivity contribution in [2.75, 3.05) is 0 Å². The zero-order valence-electron chi connectivity index (χ0n) is 56.4. The van der Waals surface area contributed by atoms with Crippen molar-refractivity contribution in [2.24, 2.45) is 0 Å². The maximum Gasteiger partial charge on any atom is 0.331 e. The van der Waals surface area contributed by atoms with Crippen LogP contribution in [0.5, 0.6) is 0 Å². The summed E-state index contributed by atoms with van der Waals surface area (Å²) in [4.78, 5) is 55.1. The molecule has 0 spiro atoms. The van der Waals surface area contributed by atoms with Crippen molar-refractivity contribution >= 4 is 30.0 Å². The highest BCUT2D eigenvalue weighted by atomic mass is 16.8. The van der Waals surface area contributed by atoms with Gasteiger partial charge in [-0.25, -0.2) is 4.79 Å². The fraction of sp³-hybridized carbons (Fsp3) is 0.831. The standard InChI is InChI=1S/C71H116O21/c1-8-11-14-16-18-19-23-27-34-41-52(72)86-61-47(5)84-71(67(58(61)78)89-55(75)45-44-50-37-31-29-32-38-50)91-63-49(7)82-68(59(79)65(63)88-54(74)42-35-26-21-17-15-12-9-2)90-62-48(6)83-69-60(80)64(62)87-53(73)43-36-28-24-20-22-25-33-40-51(39-30-13-10-3)85-70-66(92-69)57(77)56(76)46(4)81-70/h29,31-32,37-38,44-49,51,56-71,76-80H,8-28,30,33-36,39-43H2,1-7H3/t46-,47+,48+,49+,51+,56+,57+,58-,59-,60-,61+,62+,63+,64+,65+,66-,67-,68+,69+,70+,71+/m1/s1. The highest BCUT2D eigenvalue weighted by Crippen LogP contribution is 2.38. The molecule has 526 valence electrons. The quantitative estimate of drug-likeness (QED) is 0.0200. The minimum absolute atomic E-state index is 0.0125. The van der Waals surface area contributed by atoms with E-state index in [4.69, 9.17) is 56.8 Å². The third-order valence-corrected chi connectivity index (χ3v) is 18.5. The van der Waals surface area contributed by atoms with E-state index in [0.29, 0.717) is 24.8 Å². The summed E-state index contributed by atoms with van der Waals surface area (Å²) in [6, 6.07) is 9.02. The molecule has 21 atom stereocenters. The smallest absolute Gasteiger partial charge is 0.331 e. The Morgan fingerprint density at radius 3 is 1.62 bits per heavy atom. The number of aliphatic hydroxyl groups excluding tert-OH is 5. The lowest BCUT2D eigenvalue weighted by Crippen LogP contribution is -2.67. The Balaban J connectivity index is 1.26. The summed E-state index contributed by atoms with van der Waals surface area (Å²) in [6.07, 6.45) is 0.0422. The predicted octanol–water partition coefficient (Wildman–Crippen LogP) is 10.8. The van der Waals surface area contributed by atoms with Crippen LogP contribution >= 0.6 is 0 Å². The first-order chi connectivity index (χ1) is 44.4. The van der Waals surface area contributed by atoms with Crippen molar-refractivity contribution in [1.29, 1.82) is 0 Å². The predicted molar refractivity (Wildman–Crippen MR) is 342 cm³/mol. The van der Waals surface area contributed by atoms with Crippen LogP contribution < -0.4 is 0 Å². The number of fused-ring (bicyclic) bond motifs is 3. The number of rotatable bonds is 31. The normalized spacial score (nSPS) is 34.6. The van der Waals surface area contributed by atoms with Crippen LogP contribution in [-0.2, 0) is 76.0 Å². The molecule has 5 N–H and O–H groups in total. The first-order valence-electron chi connectivity index (χ1n) is 35.6. The van der Waals surface area contributed by atoms with Crippen molar-refractivity contribution in [2.45, 2.75) is 376 Å². The summed E-state index contributed by atoms with van der Waals surface area (Å²) in [5.41, 5.74) is 0.692. The molecule has 5 heterocycles. The van der Waals surface area contributed by atoms with Gasteiger partial charge in [-0.05, 0) is 71.4 Å². The lowest BCUT2D eigenvalue weighted by Gasteiger charge is -2.49. The summed E-state index contributed by atoms with van der Waals surface area (Å²) < 4.78 is 75.9. The number of hydrogen-bond donors (Lipinski definition) is 5. The van der Waals surface area contributed by atoms with E-state index >= 15 is 0 Å². The van der Waals surface area contributed by atoms with Gasteiger partial charge in [0.05, 0.1) is 30.5 Å². The number of unbranched alkanes of at least 4 members (excludes halogenated alkanes) is 16. The van der Waals surface area contributed by atoms with Gasteiger partial charge in [0.2, 0.25) is 0 Å². The molecule has 0 radical (unpaired) electrons. The first kappa shape index (κ1) is 77.3. The molecule has 0 aliphatic carbocycles. The van der Waals surface area contributed by atoms with Crippen molar-refractivity contribution in [1.82, 2.24) is 0 Å². The molecule has 0 amide bonds. The Morgan fingerprint density at radius 2 is 0.989 bits per heavy atom. The van der Waals surface area contributed by atoms with Crippen LogP contribution in [0, 0.1) is 0 Å². The van der Waals surface area contributed by atoms with Crippen LogP contribution in [-0.4, -0.2) is 178 Å². The van der Waals surface area contributed by atoms with Crippen molar-refractivity contribution in [3.8, 4) is 0 Å². The minimum Gasteiger partial charge on any atom is -0.457 e. The Kier molecular flexibility index (Phi) is 35.4. The number of ether oxygens (including phenoxy) is 12. The van der Waals surface area contributed by atoms with Crippen LogP contribution in [0.4, 0.5) is 0 Å². The summed E-state index contributed by atoms with van der Waals surface area (Å²) in [5.74, 6) is -2.76. The molecule has 21 nitrogen and oxygen atoms in total. The zero-order chi connectivity index (χ0) is 66.4. The Hall–Kier alpha value is -3.68. The molecule has 5 fully saturated rings. The third-order valence-electron chi connectivity index (χ3n) is 18.5. The second-order valence-corrected chi connectivity index (χ2v) is 26.3. The highest BCUT2D eigenvalue weighted by molar-refractivity contribution is 5.87. The van der Waals surface area contributed by atoms with Gasteiger partial charge in [0.25, 0.3) is 0 Å². The molecule has 5 aliphatic rings. The molecule has 6 rings (SSSR count). The SMILES string of the molecule is CCCCCCCCCCCC(=O)O[C@@H]1[C@@H](O)[C@@H](OC(=O)C=Cc2ccccc2)[C@H](O[C@@H]2[C@@H](OC(=O)CCCCCCCCC)[C@@H](O)[C@H](O[C@@H]3[C@H]4OC(=O)CCCCCCCCC[C@H](CCCCC)O[C@@H]5O[C@H](C)[C@H](O)[C@H](O)[C@H]5O[C@H](O[C@H]3C)[C@@H]4O)O[C@H]2C)O[C@H]1C.